The quantitative estimate of drug-likeness (QED) is 0.917. The molecule has 0 bridgehead atoms. The lowest BCUT2D eigenvalue weighted by Crippen LogP contribution is -2.26. The minimum absolute atomic E-state index is 0.0129. The van der Waals surface area contributed by atoms with Gasteiger partial charge in [0.15, 0.2) is 0 Å². The Labute approximate surface area is 122 Å². The second-order valence-corrected chi connectivity index (χ2v) is 5.30. The molecule has 6 nitrogen and oxygen atoms in total. The topological polar surface area (TPSA) is 64.7 Å². The van der Waals surface area contributed by atoms with E-state index < -0.39 is 0 Å². The van der Waals surface area contributed by atoms with Crippen molar-refractivity contribution in [2.75, 3.05) is 11.9 Å². The van der Waals surface area contributed by atoms with E-state index in [1.807, 2.05) is 31.6 Å². The van der Waals surface area contributed by atoms with Crippen molar-refractivity contribution in [1.29, 1.82) is 0 Å². The highest BCUT2D eigenvalue weighted by Crippen LogP contribution is 2.16. The number of nitrogens with zero attached hydrogens (tertiary/aromatic N) is 4. The van der Waals surface area contributed by atoms with Crippen molar-refractivity contribution in [3.05, 3.63) is 39.5 Å². The molecule has 0 unspecified atom stereocenters. The average molecular weight is 296 g/mol. The lowest BCUT2D eigenvalue weighted by atomic mass is 10.4. The second-order valence-electron chi connectivity index (χ2n) is 4.92. The standard InChI is InChI=1S/C13H18ClN5O/c1-9(2)19-13(20)12(14)11(7-17-19)15-4-5-18-8-10(3)6-16-18/h6-9,15H,4-5H2,1-3H3. The van der Waals surface area contributed by atoms with Gasteiger partial charge in [0.2, 0.25) is 0 Å². The van der Waals surface area contributed by atoms with Gasteiger partial charge in [0.05, 0.1) is 30.7 Å². The molecule has 2 aromatic rings. The molecule has 0 saturated carbocycles. The molecule has 2 rings (SSSR count). The molecule has 108 valence electrons. The third-order valence-corrected chi connectivity index (χ3v) is 3.22. The van der Waals surface area contributed by atoms with Gasteiger partial charge in [-0.15, -0.1) is 0 Å². The van der Waals surface area contributed by atoms with Gasteiger partial charge in [-0.3, -0.25) is 9.48 Å². The van der Waals surface area contributed by atoms with Gasteiger partial charge in [0.25, 0.3) is 5.56 Å². The number of nitrogens with one attached hydrogen (secondary N) is 1. The first kappa shape index (κ1) is 14.6. The molecule has 1 N–H and O–H groups in total. The van der Waals surface area contributed by atoms with Gasteiger partial charge in [-0.2, -0.15) is 10.2 Å². The number of aryl methyl sites for hydroxylation is 1. The van der Waals surface area contributed by atoms with E-state index in [2.05, 4.69) is 15.5 Å². The first-order valence-electron chi connectivity index (χ1n) is 6.49. The van der Waals surface area contributed by atoms with E-state index in [1.54, 1.807) is 12.4 Å². The maximum atomic E-state index is 12.0. The Morgan fingerprint density at radius 3 is 2.70 bits per heavy atom. The predicted octanol–water partition coefficient (Wildman–Crippen LogP) is 2.09. The van der Waals surface area contributed by atoms with Crippen molar-refractivity contribution in [3.63, 3.8) is 0 Å². The number of halogens is 1. The molecule has 20 heavy (non-hydrogen) atoms. The zero-order valence-electron chi connectivity index (χ0n) is 11.8. The van der Waals surface area contributed by atoms with Crippen molar-refractivity contribution in [3.8, 4) is 0 Å². The van der Waals surface area contributed by atoms with Crippen molar-refractivity contribution in [2.45, 2.75) is 33.4 Å². The molecule has 2 aromatic heterocycles. The number of rotatable bonds is 5. The molecule has 0 radical (unpaired) electrons. The van der Waals surface area contributed by atoms with Gasteiger partial charge in [-0.05, 0) is 26.3 Å². The van der Waals surface area contributed by atoms with Crippen LogP contribution in [0.15, 0.2) is 23.4 Å². The van der Waals surface area contributed by atoms with E-state index in [0.29, 0.717) is 18.8 Å². The van der Waals surface area contributed by atoms with Crippen molar-refractivity contribution in [1.82, 2.24) is 19.6 Å². The zero-order valence-corrected chi connectivity index (χ0v) is 12.6. The van der Waals surface area contributed by atoms with Crippen LogP contribution in [0.2, 0.25) is 5.02 Å². The highest BCUT2D eigenvalue weighted by molar-refractivity contribution is 6.32. The average Bonchev–Trinajstić information content (AvgIpc) is 2.80. The number of anilines is 1. The molecule has 0 spiro atoms. The lowest BCUT2D eigenvalue weighted by Gasteiger charge is -2.12. The third-order valence-electron chi connectivity index (χ3n) is 2.85. The largest absolute Gasteiger partial charge is 0.381 e. The summed E-state index contributed by atoms with van der Waals surface area (Å²) in [7, 11) is 0. The molecule has 7 heteroatoms. The molecular weight excluding hydrogens is 278 g/mol. The summed E-state index contributed by atoms with van der Waals surface area (Å²) in [5.41, 5.74) is 1.39. The summed E-state index contributed by atoms with van der Waals surface area (Å²) in [5.74, 6) is 0. The van der Waals surface area contributed by atoms with E-state index in [-0.39, 0.29) is 16.6 Å². The van der Waals surface area contributed by atoms with Crippen LogP contribution in [0.25, 0.3) is 0 Å². The molecule has 0 saturated heterocycles. The highest BCUT2D eigenvalue weighted by Gasteiger charge is 2.10. The summed E-state index contributed by atoms with van der Waals surface area (Å²) in [6.07, 6.45) is 5.34. The van der Waals surface area contributed by atoms with E-state index >= 15 is 0 Å². The molecule has 0 atom stereocenters. The second kappa shape index (κ2) is 6.09. The van der Waals surface area contributed by atoms with E-state index in [0.717, 1.165) is 5.56 Å². The zero-order chi connectivity index (χ0) is 14.7. The van der Waals surface area contributed by atoms with Gasteiger partial charge in [-0.1, -0.05) is 11.6 Å². The summed E-state index contributed by atoms with van der Waals surface area (Å²) in [5, 5.41) is 11.6. The van der Waals surface area contributed by atoms with Crippen LogP contribution in [0.1, 0.15) is 25.5 Å². The Morgan fingerprint density at radius 1 is 1.35 bits per heavy atom. The molecule has 0 amide bonds. The van der Waals surface area contributed by atoms with Crippen LogP contribution in [0, 0.1) is 6.92 Å². The molecule has 0 aliphatic heterocycles. The molecule has 2 heterocycles. The fourth-order valence-electron chi connectivity index (χ4n) is 1.83. The van der Waals surface area contributed by atoms with Crippen molar-refractivity contribution >= 4 is 17.3 Å². The lowest BCUT2D eigenvalue weighted by molar-refractivity contribution is 0.503. The van der Waals surface area contributed by atoms with Crippen LogP contribution in [-0.2, 0) is 6.54 Å². The molecule has 0 aromatic carbocycles. The van der Waals surface area contributed by atoms with E-state index in [1.165, 1.54) is 4.68 Å². The fraction of sp³-hybridized carbons (Fsp3) is 0.462. The van der Waals surface area contributed by atoms with Crippen LogP contribution in [0.3, 0.4) is 0 Å². The Bertz CT molecular complexity index is 646. The Balaban J connectivity index is 2.03. The highest BCUT2D eigenvalue weighted by atomic mass is 35.5. The van der Waals surface area contributed by atoms with Gasteiger partial charge < -0.3 is 5.32 Å². The number of aromatic nitrogens is 4. The van der Waals surface area contributed by atoms with Gasteiger partial charge >= 0.3 is 0 Å². The Morgan fingerprint density at radius 2 is 2.10 bits per heavy atom. The fourth-order valence-corrected chi connectivity index (χ4v) is 2.03. The van der Waals surface area contributed by atoms with Crippen LogP contribution in [-0.4, -0.2) is 26.1 Å². The molecule has 0 fully saturated rings. The number of hydrogen-bond donors (Lipinski definition) is 1. The van der Waals surface area contributed by atoms with Crippen LogP contribution < -0.4 is 10.9 Å². The summed E-state index contributed by atoms with van der Waals surface area (Å²) in [6.45, 7) is 7.07. The minimum Gasteiger partial charge on any atom is -0.381 e. The van der Waals surface area contributed by atoms with Gasteiger partial charge in [-0.25, -0.2) is 4.68 Å². The number of hydrogen-bond acceptors (Lipinski definition) is 4. The maximum Gasteiger partial charge on any atom is 0.287 e. The van der Waals surface area contributed by atoms with Gasteiger partial charge in [0.1, 0.15) is 5.02 Å². The molecular formula is C13H18ClN5O. The third kappa shape index (κ3) is 3.19. The van der Waals surface area contributed by atoms with Crippen LogP contribution in [0.4, 0.5) is 5.69 Å². The summed E-state index contributed by atoms with van der Waals surface area (Å²) < 4.78 is 3.20. The van der Waals surface area contributed by atoms with Crippen molar-refractivity contribution in [2.24, 2.45) is 0 Å². The minimum atomic E-state index is -0.276. The first-order chi connectivity index (χ1) is 9.49. The van der Waals surface area contributed by atoms with E-state index in [4.69, 9.17) is 11.6 Å². The Hall–Kier alpha value is -1.82. The van der Waals surface area contributed by atoms with Crippen LogP contribution >= 0.6 is 11.6 Å². The molecule has 0 aliphatic rings. The first-order valence-corrected chi connectivity index (χ1v) is 6.87. The van der Waals surface area contributed by atoms with Crippen LogP contribution in [0.5, 0.6) is 0 Å². The van der Waals surface area contributed by atoms with E-state index in [9.17, 15) is 4.79 Å². The summed E-state index contributed by atoms with van der Waals surface area (Å²) in [6, 6.07) is -0.0129. The maximum absolute atomic E-state index is 12.0. The smallest absolute Gasteiger partial charge is 0.287 e. The molecule has 0 aliphatic carbocycles. The van der Waals surface area contributed by atoms with Gasteiger partial charge in [0, 0.05) is 12.7 Å². The monoisotopic (exact) mass is 295 g/mol. The SMILES string of the molecule is Cc1cnn(CCNc2cnn(C(C)C)c(=O)c2Cl)c1. The predicted molar refractivity (Wildman–Crippen MR) is 79.3 cm³/mol. The Kier molecular flexibility index (Phi) is 4.44. The van der Waals surface area contributed by atoms with Crippen molar-refractivity contribution < 1.29 is 0 Å². The normalized spacial score (nSPS) is 11.1. The summed E-state index contributed by atoms with van der Waals surface area (Å²) >= 11 is 6.07. The summed E-state index contributed by atoms with van der Waals surface area (Å²) in [4.78, 5) is 12.0.